The Bertz CT molecular complexity index is 410. The van der Waals surface area contributed by atoms with Crippen LogP contribution in [0.2, 0.25) is 0 Å². The topological polar surface area (TPSA) is 29.1 Å². The molecule has 1 aromatic carbocycles. The van der Waals surface area contributed by atoms with Gasteiger partial charge in [0.25, 0.3) is 0 Å². The number of rotatable bonds is 2. The van der Waals surface area contributed by atoms with Crippen molar-refractivity contribution in [3.63, 3.8) is 0 Å². The molecular formula is C13H16BrNO. The van der Waals surface area contributed by atoms with Gasteiger partial charge in [0.05, 0.1) is 5.41 Å². The van der Waals surface area contributed by atoms with Crippen LogP contribution in [0.3, 0.4) is 0 Å². The number of amides is 1. The van der Waals surface area contributed by atoms with Gasteiger partial charge in [-0.2, -0.15) is 0 Å². The van der Waals surface area contributed by atoms with Crippen LogP contribution in [0.4, 0.5) is 0 Å². The molecule has 0 bridgehead atoms. The molecule has 1 N–H and O–H groups in total. The fourth-order valence-electron chi connectivity index (χ4n) is 2.71. The van der Waals surface area contributed by atoms with Crippen LogP contribution in [-0.4, -0.2) is 13.0 Å². The second-order valence-corrected chi connectivity index (χ2v) is 5.60. The molecule has 2 nitrogen and oxygen atoms in total. The molecule has 1 aliphatic carbocycles. The summed E-state index contributed by atoms with van der Waals surface area (Å²) in [5.41, 5.74) is 0.831. The van der Waals surface area contributed by atoms with Crippen molar-refractivity contribution in [2.45, 2.75) is 25.2 Å². The number of hydrogen-bond acceptors (Lipinski definition) is 1. The van der Waals surface area contributed by atoms with Crippen LogP contribution >= 0.6 is 15.9 Å². The predicted molar refractivity (Wildman–Crippen MR) is 68.3 cm³/mol. The molecule has 0 aromatic heterocycles. The average Bonchev–Trinajstić information content (AvgIpc) is 2.23. The quantitative estimate of drug-likeness (QED) is 0.888. The Morgan fingerprint density at radius 3 is 2.69 bits per heavy atom. The standard InChI is InChI=1S/C13H16BrNO/c1-9-7-13(8-9,12(16)15-2)10-4-3-5-11(14)6-10/h3-6,9H,7-8H2,1-2H3,(H,15,16). The van der Waals surface area contributed by atoms with E-state index < -0.39 is 0 Å². The molecule has 1 aliphatic rings. The number of nitrogens with one attached hydrogen (secondary N) is 1. The van der Waals surface area contributed by atoms with E-state index in [-0.39, 0.29) is 11.3 Å². The maximum atomic E-state index is 12.0. The van der Waals surface area contributed by atoms with Crippen LogP contribution in [0.5, 0.6) is 0 Å². The Morgan fingerprint density at radius 2 is 2.19 bits per heavy atom. The number of carbonyl (C=O) groups excluding carboxylic acids is 1. The number of hydrogen-bond donors (Lipinski definition) is 1. The van der Waals surface area contributed by atoms with Crippen molar-refractivity contribution in [1.82, 2.24) is 5.32 Å². The first-order chi connectivity index (χ1) is 7.58. The molecule has 1 saturated carbocycles. The molecule has 1 fully saturated rings. The number of halogens is 1. The lowest BCUT2D eigenvalue weighted by Gasteiger charge is -2.45. The number of benzene rings is 1. The normalized spacial score (nSPS) is 28.3. The van der Waals surface area contributed by atoms with Crippen molar-refractivity contribution >= 4 is 21.8 Å². The minimum absolute atomic E-state index is 0.142. The Morgan fingerprint density at radius 1 is 1.50 bits per heavy atom. The van der Waals surface area contributed by atoms with Gasteiger partial charge in [-0.1, -0.05) is 35.0 Å². The molecule has 2 rings (SSSR count). The SMILES string of the molecule is CNC(=O)C1(c2cccc(Br)c2)CC(C)C1. The van der Waals surface area contributed by atoms with Gasteiger partial charge in [-0.05, 0) is 36.5 Å². The van der Waals surface area contributed by atoms with Gasteiger partial charge in [0, 0.05) is 11.5 Å². The van der Waals surface area contributed by atoms with Crippen LogP contribution in [0, 0.1) is 5.92 Å². The van der Waals surface area contributed by atoms with Crippen LogP contribution in [0.1, 0.15) is 25.3 Å². The van der Waals surface area contributed by atoms with Crippen LogP contribution in [0.25, 0.3) is 0 Å². The Balaban J connectivity index is 2.37. The van der Waals surface area contributed by atoms with Gasteiger partial charge in [0.15, 0.2) is 0 Å². The van der Waals surface area contributed by atoms with Gasteiger partial charge in [0.1, 0.15) is 0 Å². The summed E-state index contributed by atoms with van der Waals surface area (Å²) in [6, 6.07) is 8.09. The Labute approximate surface area is 105 Å². The molecule has 86 valence electrons. The maximum Gasteiger partial charge on any atom is 0.230 e. The molecule has 0 spiro atoms. The van der Waals surface area contributed by atoms with Crippen molar-refractivity contribution < 1.29 is 4.79 Å². The lowest BCUT2D eigenvalue weighted by molar-refractivity contribution is -0.131. The van der Waals surface area contributed by atoms with E-state index in [1.54, 1.807) is 7.05 Å². The summed E-state index contributed by atoms with van der Waals surface area (Å²) in [5, 5.41) is 2.79. The smallest absolute Gasteiger partial charge is 0.230 e. The van der Waals surface area contributed by atoms with E-state index in [1.165, 1.54) is 0 Å². The van der Waals surface area contributed by atoms with E-state index in [0.29, 0.717) is 5.92 Å². The van der Waals surface area contributed by atoms with Gasteiger partial charge in [0.2, 0.25) is 5.91 Å². The zero-order valence-electron chi connectivity index (χ0n) is 9.59. The van der Waals surface area contributed by atoms with Crippen molar-refractivity contribution in [3.8, 4) is 0 Å². The third-order valence-corrected chi connectivity index (χ3v) is 3.93. The number of likely N-dealkylation sites (N-methyl/N-ethyl adjacent to an activating group) is 1. The molecule has 0 heterocycles. The van der Waals surface area contributed by atoms with Gasteiger partial charge < -0.3 is 5.32 Å². The third-order valence-electron chi connectivity index (χ3n) is 3.43. The summed E-state index contributed by atoms with van der Waals surface area (Å²) in [4.78, 5) is 12.0. The minimum atomic E-state index is -0.294. The largest absolute Gasteiger partial charge is 0.358 e. The summed E-state index contributed by atoms with van der Waals surface area (Å²) >= 11 is 3.46. The highest BCUT2D eigenvalue weighted by molar-refractivity contribution is 9.10. The van der Waals surface area contributed by atoms with E-state index in [4.69, 9.17) is 0 Å². The van der Waals surface area contributed by atoms with Gasteiger partial charge in [-0.15, -0.1) is 0 Å². The monoisotopic (exact) mass is 281 g/mol. The van der Waals surface area contributed by atoms with Crippen LogP contribution in [0.15, 0.2) is 28.7 Å². The second kappa shape index (κ2) is 4.21. The fourth-order valence-corrected chi connectivity index (χ4v) is 3.11. The van der Waals surface area contributed by atoms with E-state index in [2.05, 4.69) is 34.2 Å². The summed E-state index contributed by atoms with van der Waals surface area (Å²) in [5.74, 6) is 0.778. The zero-order chi connectivity index (χ0) is 11.8. The minimum Gasteiger partial charge on any atom is -0.358 e. The molecule has 1 aromatic rings. The lowest BCUT2D eigenvalue weighted by atomic mass is 9.58. The first kappa shape index (κ1) is 11.6. The van der Waals surface area contributed by atoms with Crippen LogP contribution in [-0.2, 0) is 10.2 Å². The predicted octanol–water partition coefficient (Wildman–Crippen LogP) is 2.86. The highest BCUT2D eigenvalue weighted by Crippen LogP contribution is 2.48. The lowest BCUT2D eigenvalue weighted by Crippen LogP contribution is -2.51. The maximum absolute atomic E-state index is 12.0. The summed E-state index contributed by atoms with van der Waals surface area (Å²) in [6.07, 6.45) is 1.90. The van der Waals surface area contributed by atoms with Gasteiger partial charge in [-0.3, -0.25) is 4.79 Å². The average molecular weight is 282 g/mol. The van der Waals surface area contributed by atoms with E-state index in [9.17, 15) is 4.79 Å². The van der Waals surface area contributed by atoms with Crippen molar-refractivity contribution in [2.24, 2.45) is 5.92 Å². The molecule has 0 unspecified atom stereocenters. The Hall–Kier alpha value is -0.830. The second-order valence-electron chi connectivity index (χ2n) is 4.68. The van der Waals surface area contributed by atoms with Gasteiger partial charge in [-0.25, -0.2) is 0 Å². The molecular weight excluding hydrogens is 266 g/mol. The molecule has 0 radical (unpaired) electrons. The van der Waals surface area contributed by atoms with E-state index in [0.717, 1.165) is 22.9 Å². The highest BCUT2D eigenvalue weighted by atomic mass is 79.9. The molecule has 0 atom stereocenters. The third kappa shape index (κ3) is 1.77. The highest BCUT2D eigenvalue weighted by Gasteiger charge is 2.49. The summed E-state index contributed by atoms with van der Waals surface area (Å²) in [6.45, 7) is 2.19. The van der Waals surface area contributed by atoms with E-state index in [1.807, 2.05) is 18.2 Å². The fraction of sp³-hybridized carbons (Fsp3) is 0.462. The summed E-state index contributed by atoms with van der Waals surface area (Å²) in [7, 11) is 1.71. The van der Waals surface area contributed by atoms with Gasteiger partial charge >= 0.3 is 0 Å². The molecule has 3 heteroatoms. The molecule has 0 saturated heterocycles. The van der Waals surface area contributed by atoms with Crippen molar-refractivity contribution in [2.75, 3.05) is 7.05 Å². The molecule has 1 amide bonds. The van der Waals surface area contributed by atoms with Crippen molar-refractivity contribution in [1.29, 1.82) is 0 Å². The molecule has 16 heavy (non-hydrogen) atoms. The first-order valence-corrected chi connectivity index (χ1v) is 6.36. The number of carbonyl (C=O) groups is 1. The zero-order valence-corrected chi connectivity index (χ0v) is 11.2. The van der Waals surface area contributed by atoms with E-state index >= 15 is 0 Å². The van der Waals surface area contributed by atoms with Crippen molar-refractivity contribution in [3.05, 3.63) is 34.3 Å². The summed E-state index contributed by atoms with van der Waals surface area (Å²) < 4.78 is 1.04. The van der Waals surface area contributed by atoms with Crippen LogP contribution < -0.4 is 5.32 Å². The Kier molecular flexibility index (Phi) is 3.06. The first-order valence-electron chi connectivity index (χ1n) is 5.57. The molecule has 0 aliphatic heterocycles.